The molecule has 0 aliphatic carbocycles. The van der Waals surface area contributed by atoms with E-state index < -0.39 is 17.8 Å². The highest BCUT2D eigenvalue weighted by Gasteiger charge is 2.38. The number of epoxide rings is 1. The third-order valence-corrected chi connectivity index (χ3v) is 7.39. The molecule has 2 aromatic heterocycles. The van der Waals surface area contributed by atoms with Crippen LogP contribution in [0.3, 0.4) is 0 Å². The van der Waals surface area contributed by atoms with E-state index in [2.05, 4.69) is 15.1 Å². The maximum absolute atomic E-state index is 13.0. The van der Waals surface area contributed by atoms with Crippen molar-refractivity contribution in [1.29, 1.82) is 0 Å². The van der Waals surface area contributed by atoms with Gasteiger partial charge in [-0.2, -0.15) is 0 Å². The molecule has 3 unspecified atom stereocenters. The molecule has 3 aromatic rings. The Bertz CT molecular complexity index is 1420. The second kappa shape index (κ2) is 11.3. The van der Waals surface area contributed by atoms with Gasteiger partial charge in [-0.3, -0.25) is 4.98 Å². The number of phenols is 2. The lowest BCUT2D eigenvalue weighted by atomic mass is 9.99. The average molecular weight is 554 g/mol. The maximum Gasteiger partial charge on any atom is 0.342 e. The number of cyclic esters (lactones) is 1. The summed E-state index contributed by atoms with van der Waals surface area (Å²) < 4.78 is 11.2. The number of esters is 1. The molecule has 1 fully saturated rings. The van der Waals surface area contributed by atoms with Crippen LogP contribution < -0.4 is 0 Å². The fourth-order valence-corrected chi connectivity index (χ4v) is 5.07. The Kier molecular flexibility index (Phi) is 7.73. The van der Waals surface area contributed by atoms with Gasteiger partial charge in [0.15, 0.2) is 6.61 Å². The first kappa shape index (κ1) is 25.9. The maximum atomic E-state index is 13.0. The average Bonchev–Trinajstić information content (AvgIpc) is 3.44. The molecule has 0 radical (unpaired) electrons. The van der Waals surface area contributed by atoms with Gasteiger partial charge in [0.05, 0.1) is 21.7 Å². The molecule has 2 N–H and O–H groups in total. The van der Waals surface area contributed by atoms with Crippen LogP contribution in [-0.2, 0) is 27.3 Å². The highest BCUT2D eigenvalue weighted by Crippen LogP contribution is 2.38. The number of aromatic nitrogens is 2. The molecule has 5 rings (SSSR count). The molecule has 11 heteroatoms. The van der Waals surface area contributed by atoms with Gasteiger partial charge in [-0.15, -0.1) is 11.3 Å². The smallest absolute Gasteiger partial charge is 0.342 e. The number of allylic oxidation sites excluding steroid dienone is 3. The van der Waals surface area contributed by atoms with Crippen LogP contribution in [0.1, 0.15) is 34.1 Å². The second-order valence-electron chi connectivity index (χ2n) is 8.82. The molecule has 1 aromatic carbocycles. The third kappa shape index (κ3) is 6.04. The number of rotatable bonds is 4. The van der Waals surface area contributed by atoms with Crippen molar-refractivity contribution in [1.82, 2.24) is 9.97 Å². The van der Waals surface area contributed by atoms with E-state index in [-0.39, 0.29) is 47.1 Å². The summed E-state index contributed by atoms with van der Waals surface area (Å²) in [7, 11) is 0. The van der Waals surface area contributed by atoms with Crippen LogP contribution in [0, 0.1) is 0 Å². The number of pyridine rings is 1. The number of fused-ring (bicyclic) bond motifs is 2. The zero-order valence-corrected chi connectivity index (χ0v) is 21.9. The molecule has 2 aliphatic rings. The van der Waals surface area contributed by atoms with Crippen molar-refractivity contribution in [2.75, 3.05) is 0 Å². The van der Waals surface area contributed by atoms with Gasteiger partial charge in [-0.25, -0.2) is 9.78 Å². The number of hydrogen-bond acceptors (Lipinski definition) is 10. The molecule has 0 bridgehead atoms. The molecule has 9 nitrogen and oxygen atoms in total. The minimum Gasteiger partial charge on any atom is -0.507 e. The van der Waals surface area contributed by atoms with Gasteiger partial charge < -0.3 is 24.5 Å². The summed E-state index contributed by atoms with van der Waals surface area (Å²) in [6.45, 7) is 1.92. The normalized spacial score (nSPS) is 24.0. The minimum atomic E-state index is -0.755. The van der Waals surface area contributed by atoms with Gasteiger partial charge in [0, 0.05) is 43.1 Å². The van der Waals surface area contributed by atoms with Gasteiger partial charge in [0.1, 0.15) is 34.3 Å². The number of carbonyl (C=O) groups excluding carboxylic acids is 1. The number of aromatic hydroxyl groups is 2. The number of halogens is 1. The third-order valence-electron chi connectivity index (χ3n) is 5.95. The van der Waals surface area contributed by atoms with Crippen molar-refractivity contribution in [2.24, 2.45) is 5.16 Å². The van der Waals surface area contributed by atoms with Crippen molar-refractivity contribution in [3.8, 4) is 22.1 Å². The van der Waals surface area contributed by atoms with Crippen molar-refractivity contribution in [3.63, 3.8) is 0 Å². The van der Waals surface area contributed by atoms with Crippen molar-refractivity contribution >= 4 is 34.6 Å². The number of oxime groups is 1. The van der Waals surface area contributed by atoms with Gasteiger partial charge >= 0.3 is 5.97 Å². The van der Waals surface area contributed by atoms with Crippen molar-refractivity contribution in [3.05, 3.63) is 82.1 Å². The molecular formula is C27H24ClN3O6S. The lowest BCUT2D eigenvalue weighted by molar-refractivity contribution is 0.0306. The van der Waals surface area contributed by atoms with Gasteiger partial charge in [-0.1, -0.05) is 35.0 Å². The lowest BCUT2D eigenvalue weighted by Crippen LogP contribution is -2.19. The first-order valence-corrected chi connectivity index (χ1v) is 13.1. The second-order valence-corrected chi connectivity index (χ2v) is 10.3. The lowest BCUT2D eigenvalue weighted by Gasteiger charge is -2.17. The number of thiazole rings is 1. The Labute approximate surface area is 227 Å². The predicted octanol–water partition coefficient (Wildman–Crippen LogP) is 5.21. The molecule has 38 heavy (non-hydrogen) atoms. The fourth-order valence-electron chi connectivity index (χ4n) is 4.03. The van der Waals surface area contributed by atoms with E-state index in [0.29, 0.717) is 12.1 Å². The largest absolute Gasteiger partial charge is 0.507 e. The highest BCUT2D eigenvalue weighted by molar-refractivity contribution is 7.15. The summed E-state index contributed by atoms with van der Waals surface area (Å²) in [5, 5.41) is 25.8. The molecule has 1 saturated heterocycles. The monoisotopic (exact) mass is 553 g/mol. The van der Waals surface area contributed by atoms with Gasteiger partial charge in [0.25, 0.3) is 0 Å². The van der Waals surface area contributed by atoms with Gasteiger partial charge in [0.2, 0.25) is 0 Å². The minimum absolute atomic E-state index is 0.0164. The van der Waals surface area contributed by atoms with Crippen LogP contribution in [0.2, 0.25) is 5.02 Å². The number of hydrogen-bond donors (Lipinski definition) is 2. The number of carbonyl (C=O) groups is 1. The summed E-state index contributed by atoms with van der Waals surface area (Å²) in [5.74, 6) is -1.56. The molecule has 0 saturated carbocycles. The first-order chi connectivity index (χ1) is 18.4. The molecule has 0 amide bonds. The van der Waals surface area contributed by atoms with Crippen LogP contribution in [-0.4, -0.2) is 50.2 Å². The molecule has 3 atom stereocenters. The van der Waals surface area contributed by atoms with E-state index in [1.165, 1.54) is 11.3 Å². The number of benzene rings is 1. The number of nitrogens with zero attached hydrogens (tertiary/aromatic N) is 3. The number of ether oxygens (including phenoxy) is 2. The fraction of sp³-hybridized carbons (Fsp3) is 0.259. The summed E-state index contributed by atoms with van der Waals surface area (Å²) in [4.78, 5) is 28.0. The Morgan fingerprint density at radius 3 is 2.87 bits per heavy atom. The Morgan fingerprint density at radius 2 is 2.05 bits per heavy atom. The molecular weight excluding hydrogens is 530 g/mol. The molecule has 196 valence electrons. The van der Waals surface area contributed by atoms with E-state index in [1.54, 1.807) is 37.7 Å². The highest BCUT2D eigenvalue weighted by atomic mass is 35.5. The van der Waals surface area contributed by atoms with E-state index in [4.69, 9.17) is 25.9 Å². The standard InChI is InChI=1S/C27H24ClN3O6S/c1-15-10-23-22(37-23)5-3-2-4-17(11-19-24(27(34)36-15)20(32)12-21(33)25(19)28)31-35-14-18-13-30-26(38-18)16-6-8-29-9-7-16/h2-9,12-13,15,22-23,32-33H,10-11,14H2,1H3/b4-2+,5-3+,31-17+. The first-order valence-electron chi connectivity index (χ1n) is 11.9. The van der Waals surface area contributed by atoms with Crippen molar-refractivity contribution < 1.29 is 29.3 Å². The van der Waals surface area contributed by atoms with E-state index in [1.807, 2.05) is 24.3 Å². The van der Waals surface area contributed by atoms with E-state index >= 15 is 0 Å². The summed E-state index contributed by atoms with van der Waals surface area (Å²) in [6.07, 6.45) is 12.3. The van der Waals surface area contributed by atoms with Crippen molar-refractivity contribution in [2.45, 2.75) is 44.7 Å². The summed E-state index contributed by atoms with van der Waals surface area (Å²) in [5.41, 5.74) is 1.39. The van der Waals surface area contributed by atoms with E-state index in [0.717, 1.165) is 21.5 Å². The van der Waals surface area contributed by atoms with Crippen LogP contribution >= 0.6 is 22.9 Å². The Hall–Kier alpha value is -3.73. The molecule has 2 aliphatic heterocycles. The zero-order valence-electron chi connectivity index (χ0n) is 20.3. The SMILES string of the molecule is CC1CC2OC2/C=C/C=C/C(=N\OCc2cnc(-c3ccncc3)s2)Cc2c(Cl)c(O)cc(O)c2C(=O)O1. The predicted molar refractivity (Wildman–Crippen MR) is 142 cm³/mol. The molecule has 0 spiro atoms. The topological polar surface area (TPSA) is 127 Å². The quantitative estimate of drug-likeness (QED) is 0.256. The Morgan fingerprint density at radius 1 is 1.24 bits per heavy atom. The van der Waals surface area contributed by atoms with E-state index in [9.17, 15) is 15.0 Å². The number of phenolic OH excluding ortho intramolecular Hbond substituents is 2. The summed E-state index contributed by atoms with van der Waals surface area (Å²) >= 11 is 7.86. The van der Waals surface area contributed by atoms with Crippen LogP contribution in [0.4, 0.5) is 0 Å². The molecule has 4 heterocycles. The summed E-state index contributed by atoms with van der Waals surface area (Å²) in [6, 6.07) is 4.78. The zero-order chi connectivity index (χ0) is 26.6. The Balaban J connectivity index is 1.42. The van der Waals surface area contributed by atoms with Crippen LogP contribution in [0.5, 0.6) is 11.5 Å². The van der Waals surface area contributed by atoms with Crippen LogP contribution in [0.25, 0.3) is 10.6 Å². The van der Waals surface area contributed by atoms with Crippen LogP contribution in [0.15, 0.2) is 66.2 Å². The van der Waals surface area contributed by atoms with Gasteiger partial charge in [-0.05, 0) is 30.7 Å².